The van der Waals surface area contributed by atoms with Crippen molar-refractivity contribution in [2.24, 2.45) is 0 Å². The van der Waals surface area contributed by atoms with Crippen LogP contribution in [0.1, 0.15) is 23.2 Å². The number of nitrogens with zero attached hydrogens (tertiary/aromatic N) is 2. The summed E-state index contributed by atoms with van der Waals surface area (Å²) in [6.07, 6.45) is -4.57. The molecule has 0 spiro atoms. The molecular weight excluding hydrogens is 469 g/mol. The van der Waals surface area contributed by atoms with Gasteiger partial charge in [-0.2, -0.15) is 13.2 Å². The van der Waals surface area contributed by atoms with Crippen molar-refractivity contribution in [2.45, 2.75) is 25.6 Å². The third-order valence-corrected chi connectivity index (χ3v) is 5.04. The van der Waals surface area contributed by atoms with Gasteiger partial charge in [-0.25, -0.2) is 0 Å². The molecule has 0 aliphatic heterocycles. The van der Waals surface area contributed by atoms with Gasteiger partial charge in [0, 0.05) is 24.9 Å². The van der Waals surface area contributed by atoms with Crippen LogP contribution in [0.25, 0.3) is 11.4 Å². The number of hydrogen-bond acceptors (Lipinski definition) is 7. The van der Waals surface area contributed by atoms with Gasteiger partial charge in [-0.05, 0) is 29.8 Å². The van der Waals surface area contributed by atoms with Crippen LogP contribution < -0.4 is 25.1 Å². The number of aromatic amines is 1. The number of nitrogens with one attached hydrogen (secondary N) is 2. The van der Waals surface area contributed by atoms with Gasteiger partial charge < -0.3 is 24.5 Å². The van der Waals surface area contributed by atoms with Gasteiger partial charge in [-0.3, -0.25) is 9.59 Å². The molecule has 0 radical (unpaired) electrons. The molecule has 0 fully saturated rings. The molecule has 0 bridgehead atoms. The average molecular weight is 492 g/mol. The van der Waals surface area contributed by atoms with E-state index in [-0.39, 0.29) is 30.9 Å². The molecule has 35 heavy (non-hydrogen) atoms. The maximum atomic E-state index is 12.8. The zero-order valence-electron chi connectivity index (χ0n) is 19.2. The molecular formula is C23H23F3N4O5. The Balaban J connectivity index is 1.65. The summed E-state index contributed by atoms with van der Waals surface area (Å²) in [5, 5.41) is 10.5. The summed E-state index contributed by atoms with van der Waals surface area (Å²) in [4.78, 5) is 27.2. The van der Waals surface area contributed by atoms with Crippen LogP contribution in [0.5, 0.6) is 17.2 Å². The number of aromatic nitrogens is 3. The molecule has 0 aliphatic carbocycles. The smallest absolute Gasteiger partial charge is 0.416 e. The summed E-state index contributed by atoms with van der Waals surface area (Å²) >= 11 is 0. The predicted octanol–water partition coefficient (Wildman–Crippen LogP) is 3.13. The maximum absolute atomic E-state index is 12.8. The Morgan fingerprint density at radius 1 is 1.03 bits per heavy atom. The minimum atomic E-state index is -4.46. The number of alkyl halides is 3. The number of carbonyl (C=O) groups is 1. The quantitative estimate of drug-likeness (QED) is 0.472. The largest absolute Gasteiger partial charge is 0.493 e. The summed E-state index contributed by atoms with van der Waals surface area (Å²) in [6, 6.07) is 7.88. The first-order chi connectivity index (χ1) is 16.7. The molecule has 0 saturated heterocycles. The van der Waals surface area contributed by atoms with Gasteiger partial charge in [-0.1, -0.05) is 12.1 Å². The van der Waals surface area contributed by atoms with Gasteiger partial charge in [0.25, 0.3) is 5.56 Å². The molecule has 186 valence electrons. The summed E-state index contributed by atoms with van der Waals surface area (Å²) in [5.74, 6) is 0.822. The van der Waals surface area contributed by atoms with Crippen molar-refractivity contribution in [1.82, 2.24) is 20.5 Å². The minimum Gasteiger partial charge on any atom is -0.493 e. The Labute approximate surface area is 198 Å². The fourth-order valence-corrected chi connectivity index (χ4v) is 3.25. The Bertz CT molecular complexity index is 1240. The number of carbonyl (C=O) groups excluding carboxylic acids is 1. The fourth-order valence-electron chi connectivity index (χ4n) is 3.25. The Kier molecular flexibility index (Phi) is 7.94. The van der Waals surface area contributed by atoms with Crippen molar-refractivity contribution in [3.8, 4) is 28.6 Å². The van der Waals surface area contributed by atoms with Gasteiger partial charge in [-0.15, -0.1) is 10.2 Å². The van der Waals surface area contributed by atoms with E-state index in [4.69, 9.17) is 14.2 Å². The molecule has 9 nitrogen and oxygen atoms in total. The Morgan fingerprint density at radius 3 is 2.29 bits per heavy atom. The van der Waals surface area contributed by atoms with E-state index in [2.05, 4.69) is 20.5 Å². The van der Waals surface area contributed by atoms with E-state index >= 15 is 0 Å². The van der Waals surface area contributed by atoms with Crippen molar-refractivity contribution in [1.29, 1.82) is 0 Å². The number of ether oxygens (including phenoxy) is 3. The van der Waals surface area contributed by atoms with E-state index in [0.717, 1.165) is 12.1 Å². The lowest BCUT2D eigenvalue weighted by Crippen LogP contribution is -2.25. The number of hydrogen-bond donors (Lipinski definition) is 2. The molecule has 12 heteroatoms. The SMILES string of the molecule is COc1cc(-c2nnc(CCC(=O)NCc3cccc(C(F)(F)F)c3)c(=O)[nH]2)cc(OC)c1OC. The van der Waals surface area contributed by atoms with Crippen molar-refractivity contribution in [3.05, 3.63) is 63.6 Å². The van der Waals surface area contributed by atoms with Gasteiger partial charge in [0.2, 0.25) is 11.7 Å². The second-order valence-corrected chi connectivity index (χ2v) is 7.34. The fraction of sp³-hybridized carbons (Fsp3) is 0.304. The third-order valence-electron chi connectivity index (χ3n) is 5.04. The molecule has 3 rings (SSSR count). The average Bonchev–Trinajstić information content (AvgIpc) is 2.85. The van der Waals surface area contributed by atoms with Crippen molar-refractivity contribution < 1.29 is 32.2 Å². The van der Waals surface area contributed by atoms with Crippen molar-refractivity contribution >= 4 is 5.91 Å². The predicted molar refractivity (Wildman–Crippen MR) is 119 cm³/mol. The topological polar surface area (TPSA) is 115 Å². The summed E-state index contributed by atoms with van der Waals surface area (Å²) in [5.41, 5.74) is -0.516. The van der Waals surface area contributed by atoms with E-state index in [9.17, 15) is 22.8 Å². The first-order valence-electron chi connectivity index (χ1n) is 10.3. The molecule has 3 aromatic rings. The minimum absolute atomic E-state index is 0.00765. The highest BCUT2D eigenvalue weighted by Gasteiger charge is 2.30. The van der Waals surface area contributed by atoms with Crippen LogP contribution in [0, 0.1) is 0 Å². The zero-order valence-corrected chi connectivity index (χ0v) is 19.2. The monoisotopic (exact) mass is 492 g/mol. The number of halogens is 3. The number of H-pyrrole nitrogens is 1. The van der Waals surface area contributed by atoms with E-state index in [1.807, 2.05) is 0 Å². The summed E-state index contributed by atoms with van der Waals surface area (Å²) in [7, 11) is 4.37. The van der Waals surface area contributed by atoms with E-state index in [1.54, 1.807) is 12.1 Å². The second kappa shape index (κ2) is 10.9. The van der Waals surface area contributed by atoms with Gasteiger partial charge in [0.15, 0.2) is 17.3 Å². The summed E-state index contributed by atoms with van der Waals surface area (Å²) in [6.45, 7) is -0.0785. The van der Waals surface area contributed by atoms with Crippen LogP contribution in [-0.2, 0) is 23.9 Å². The van der Waals surface area contributed by atoms with Crippen LogP contribution in [0.15, 0.2) is 41.2 Å². The van der Waals surface area contributed by atoms with Crippen LogP contribution >= 0.6 is 0 Å². The van der Waals surface area contributed by atoms with E-state index in [0.29, 0.717) is 28.4 Å². The highest BCUT2D eigenvalue weighted by molar-refractivity contribution is 5.76. The lowest BCUT2D eigenvalue weighted by atomic mass is 10.1. The van der Waals surface area contributed by atoms with Crippen LogP contribution in [-0.4, -0.2) is 42.4 Å². The zero-order chi connectivity index (χ0) is 25.6. The van der Waals surface area contributed by atoms with Crippen LogP contribution in [0.3, 0.4) is 0 Å². The van der Waals surface area contributed by atoms with Gasteiger partial charge in [0.05, 0.1) is 26.9 Å². The highest BCUT2D eigenvalue weighted by Crippen LogP contribution is 2.40. The molecule has 1 heterocycles. The Morgan fingerprint density at radius 2 is 1.71 bits per heavy atom. The molecule has 0 atom stereocenters. The highest BCUT2D eigenvalue weighted by atomic mass is 19.4. The first-order valence-corrected chi connectivity index (χ1v) is 10.3. The second-order valence-electron chi connectivity index (χ2n) is 7.34. The number of methoxy groups -OCH3 is 3. The Hall–Kier alpha value is -4.09. The van der Waals surface area contributed by atoms with E-state index < -0.39 is 23.2 Å². The lowest BCUT2D eigenvalue weighted by Gasteiger charge is -2.13. The van der Waals surface area contributed by atoms with Crippen molar-refractivity contribution in [2.75, 3.05) is 21.3 Å². The van der Waals surface area contributed by atoms with Gasteiger partial charge in [0.1, 0.15) is 5.69 Å². The number of amides is 1. The van der Waals surface area contributed by atoms with Crippen LogP contribution in [0.2, 0.25) is 0 Å². The molecule has 1 amide bonds. The molecule has 2 aromatic carbocycles. The van der Waals surface area contributed by atoms with Crippen LogP contribution in [0.4, 0.5) is 13.2 Å². The molecule has 0 aliphatic rings. The summed E-state index contributed by atoms with van der Waals surface area (Å²) < 4.78 is 54.3. The molecule has 1 aromatic heterocycles. The normalized spacial score (nSPS) is 11.1. The third kappa shape index (κ3) is 6.28. The standard InChI is InChI=1S/C23H23F3N4O5/c1-33-17-10-14(11-18(34-2)20(17)35-3)21-28-22(32)16(29-30-21)7-8-19(31)27-12-13-5-4-6-15(9-13)23(24,25)26/h4-6,9-11H,7-8,12H2,1-3H3,(H,27,31)(H,28,30,32). The number of aryl methyl sites for hydroxylation is 1. The molecule has 2 N–H and O–H groups in total. The molecule has 0 unspecified atom stereocenters. The van der Waals surface area contributed by atoms with E-state index in [1.165, 1.54) is 33.5 Å². The number of benzene rings is 2. The lowest BCUT2D eigenvalue weighted by molar-refractivity contribution is -0.137. The van der Waals surface area contributed by atoms with Crippen molar-refractivity contribution in [3.63, 3.8) is 0 Å². The maximum Gasteiger partial charge on any atom is 0.416 e. The molecule has 0 saturated carbocycles. The first kappa shape index (κ1) is 25.5. The van der Waals surface area contributed by atoms with Gasteiger partial charge >= 0.3 is 6.18 Å². The number of rotatable bonds is 9.